The van der Waals surface area contributed by atoms with Crippen LogP contribution in [0.1, 0.15) is 35.5 Å². The van der Waals surface area contributed by atoms with Crippen molar-refractivity contribution in [3.05, 3.63) is 46.2 Å². The van der Waals surface area contributed by atoms with Gasteiger partial charge in [0.15, 0.2) is 0 Å². The number of amides is 2. The van der Waals surface area contributed by atoms with Crippen LogP contribution in [0.15, 0.2) is 29.9 Å². The molecular weight excluding hydrogens is 332 g/mol. The van der Waals surface area contributed by atoms with E-state index in [9.17, 15) is 4.79 Å². The van der Waals surface area contributed by atoms with E-state index >= 15 is 0 Å². The van der Waals surface area contributed by atoms with Crippen molar-refractivity contribution < 1.29 is 4.79 Å². The molecule has 1 fully saturated rings. The van der Waals surface area contributed by atoms with Gasteiger partial charge in [-0.15, -0.1) is 11.3 Å². The van der Waals surface area contributed by atoms with Crippen LogP contribution < -0.4 is 5.32 Å². The Morgan fingerprint density at radius 1 is 1.40 bits per heavy atom. The zero-order valence-electron chi connectivity index (χ0n) is 14.8. The number of nitrogens with zero attached hydrogens (tertiary/aromatic N) is 3. The second-order valence-corrected chi connectivity index (χ2v) is 7.66. The standard InChI is InChI=1S/C19H26N4OS/c1-15-14-25-18(22-15)5-3-9-21-19(24)23-10-6-16(7-11-23)12-17-4-2-8-20-13-17/h2,4,8,13-14,16H,3,5-7,9-12H2,1H3,(H,21,24). The number of hydrogen-bond acceptors (Lipinski definition) is 4. The van der Waals surface area contributed by atoms with Gasteiger partial charge in [-0.25, -0.2) is 9.78 Å². The molecule has 0 saturated carbocycles. The highest BCUT2D eigenvalue weighted by Crippen LogP contribution is 2.21. The molecule has 5 nitrogen and oxygen atoms in total. The largest absolute Gasteiger partial charge is 0.338 e. The Kier molecular flexibility index (Phi) is 6.39. The number of carbonyl (C=O) groups is 1. The molecule has 134 valence electrons. The Balaban J connectivity index is 1.32. The van der Waals surface area contributed by atoms with E-state index in [0.717, 1.165) is 55.9 Å². The highest BCUT2D eigenvalue weighted by molar-refractivity contribution is 7.09. The summed E-state index contributed by atoms with van der Waals surface area (Å²) in [5.74, 6) is 0.654. The molecule has 25 heavy (non-hydrogen) atoms. The molecule has 1 aliphatic heterocycles. The molecule has 0 bridgehead atoms. The number of rotatable bonds is 6. The molecule has 1 saturated heterocycles. The lowest BCUT2D eigenvalue weighted by Gasteiger charge is -2.32. The van der Waals surface area contributed by atoms with Crippen LogP contribution >= 0.6 is 11.3 Å². The SMILES string of the molecule is Cc1csc(CCCNC(=O)N2CCC(Cc3cccnc3)CC2)n1. The van der Waals surface area contributed by atoms with Crippen LogP contribution in [0, 0.1) is 12.8 Å². The Bertz CT molecular complexity index is 665. The summed E-state index contributed by atoms with van der Waals surface area (Å²) in [5.41, 5.74) is 2.38. The highest BCUT2D eigenvalue weighted by atomic mass is 32.1. The third-order valence-corrected chi connectivity index (χ3v) is 5.69. The number of likely N-dealkylation sites (tertiary alicyclic amines) is 1. The summed E-state index contributed by atoms with van der Waals surface area (Å²) in [7, 11) is 0. The maximum atomic E-state index is 12.3. The van der Waals surface area contributed by atoms with Crippen molar-refractivity contribution in [2.45, 2.75) is 39.0 Å². The molecule has 0 aliphatic carbocycles. The first-order valence-electron chi connectivity index (χ1n) is 9.03. The summed E-state index contributed by atoms with van der Waals surface area (Å²) < 4.78 is 0. The third-order valence-electron chi connectivity index (χ3n) is 4.66. The predicted molar refractivity (Wildman–Crippen MR) is 101 cm³/mol. The maximum Gasteiger partial charge on any atom is 0.317 e. The average molecular weight is 359 g/mol. The minimum Gasteiger partial charge on any atom is -0.338 e. The molecule has 1 N–H and O–H groups in total. The topological polar surface area (TPSA) is 58.1 Å². The lowest BCUT2D eigenvalue weighted by molar-refractivity contribution is 0.170. The van der Waals surface area contributed by atoms with Gasteiger partial charge in [-0.2, -0.15) is 0 Å². The molecule has 2 amide bonds. The summed E-state index contributed by atoms with van der Waals surface area (Å²) >= 11 is 1.70. The average Bonchev–Trinajstić information content (AvgIpc) is 3.05. The number of pyridine rings is 1. The summed E-state index contributed by atoms with van der Waals surface area (Å²) in [5, 5.41) is 6.28. The molecule has 3 heterocycles. The number of carbonyl (C=O) groups excluding carboxylic acids is 1. The van der Waals surface area contributed by atoms with E-state index in [4.69, 9.17) is 0 Å². The lowest BCUT2D eigenvalue weighted by Crippen LogP contribution is -2.45. The Labute approximate surface area is 153 Å². The number of piperidine rings is 1. The normalized spacial score (nSPS) is 15.3. The Hall–Kier alpha value is -1.95. The number of urea groups is 1. The van der Waals surface area contributed by atoms with Crippen LogP contribution in [0.3, 0.4) is 0 Å². The van der Waals surface area contributed by atoms with Crippen LogP contribution in [0.25, 0.3) is 0 Å². The van der Waals surface area contributed by atoms with Gasteiger partial charge in [-0.3, -0.25) is 4.98 Å². The molecule has 1 aliphatic rings. The fraction of sp³-hybridized carbons (Fsp3) is 0.526. The zero-order valence-corrected chi connectivity index (χ0v) is 15.6. The summed E-state index contributed by atoms with van der Waals surface area (Å²) in [6.07, 6.45) is 8.84. The van der Waals surface area contributed by atoms with E-state index in [-0.39, 0.29) is 6.03 Å². The quantitative estimate of drug-likeness (QED) is 0.805. The van der Waals surface area contributed by atoms with Crippen molar-refractivity contribution in [1.29, 1.82) is 0 Å². The van der Waals surface area contributed by atoms with Gasteiger partial charge in [0.1, 0.15) is 0 Å². The van der Waals surface area contributed by atoms with Crippen molar-refractivity contribution in [2.24, 2.45) is 5.92 Å². The number of aromatic nitrogens is 2. The van der Waals surface area contributed by atoms with E-state index in [1.807, 2.05) is 30.3 Å². The van der Waals surface area contributed by atoms with E-state index in [1.54, 1.807) is 11.3 Å². The Morgan fingerprint density at radius 3 is 2.92 bits per heavy atom. The smallest absolute Gasteiger partial charge is 0.317 e. The minimum atomic E-state index is 0.0788. The van der Waals surface area contributed by atoms with Gasteiger partial charge < -0.3 is 10.2 Å². The van der Waals surface area contributed by atoms with E-state index < -0.39 is 0 Å². The summed E-state index contributed by atoms with van der Waals surface area (Å²) in [6.45, 7) is 4.43. The van der Waals surface area contributed by atoms with Gasteiger partial charge in [0.25, 0.3) is 0 Å². The van der Waals surface area contributed by atoms with Crippen LogP contribution in [-0.4, -0.2) is 40.5 Å². The monoisotopic (exact) mass is 358 g/mol. The molecule has 0 spiro atoms. The molecule has 2 aromatic rings. The highest BCUT2D eigenvalue weighted by Gasteiger charge is 2.22. The van der Waals surface area contributed by atoms with Gasteiger partial charge in [0, 0.05) is 49.5 Å². The Morgan fingerprint density at radius 2 is 2.24 bits per heavy atom. The molecule has 0 radical (unpaired) electrons. The van der Waals surface area contributed by atoms with Crippen molar-refractivity contribution in [3.63, 3.8) is 0 Å². The van der Waals surface area contributed by atoms with Crippen LogP contribution in [-0.2, 0) is 12.8 Å². The van der Waals surface area contributed by atoms with Gasteiger partial charge in [0.2, 0.25) is 0 Å². The maximum absolute atomic E-state index is 12.3. The predicted octanol–water partition coefficient (Wildman–Crippen LogP) is 3.44. The number of hydrogen-bond donors (Lipinski definition) is 1. The zero-order chi connectivity index (χ0) is 17.5. The summed E-state index contributed by atoms with van der Waals surface area (Å²) in [4.78, 5) is 22.9. The van der Waals surface area contributed by atoms with Crippen molar-refractivity contribution >= 4 is 17.4 Å². The van der Waals surface area contributed by atoms with E-state index in [0.29, 0.717) is 12.5 Å². The third kappa shape index (κ3) is 5.53. The van der Waals surface area contributed by atoms with Crippen molar-refractivity contribution in [2.75, 3.05) is 19.6 Å². The van der Waals surface area contributed by atoms with Gasteiger partial charge in [-0.05, 0) is 50.2 Å². The van der Waals surface area contributed by atoms with E-state index in [2.05, 4.69) is 26.7 Å². The van der Waals surface area contributed by atoms with Crippen LogP contribution in [0.5, 0.6) is 0 Å². The van der Waals surface area contributed by atoms with Crippen molar-refractivity contribution in [3.8, 4) is 0 Å². The molecule has 0 atom stereocenters. The van der Waals surface area contributed by atoms with Crippen molar-refractivity contribution in [1.82, 2.24) is 20.2 Å². The number of nitrogens with one attached hydrogen (secondary N) is 1. The van der Waals surface area contributed by atoms with Gasteiger partial charge >= 0.3 is 6.03 Å². The molecule has 2 aromatic heterocycles. The summed E-state index contributed by atoms with van der Waals surface area (Å²) in [6, 6.07) is 4.20. The minimum absolute atomic E-state index is 0.0788. The number of thiazole rings is 1. The van der Waals surface area contributed by atoms with E-state index in [1.165, 1.54) is 5.56 Å². The first-order chi connectivity index (χ1) is 12.2. The molecule has 6 heteroatoms. The lowest BCUT2D eigenvalue weighted by atomic mass is 9.91. The van der Waals surface area contributed by atoms with Gasteiger partial charge in [-0.1, -0.05) is 6.07 Å². The van der Waals surface area contributed by atoms with Crippen LogP contribution in [0.4, 0.5) is 4.79 Å². The second kappa shape index (κ2) is 8.94. The van der Waals surface area contributed by atoms with Gasteiger partial charge in [0.05, 0.1) is 5.01 Å². The first kappa shape index (κ1) is 17.9. The second-order valence-electron chi connectivity index (χ2n) is 6.71. The molecular formula is C19H26N4OS. The molecule has 0 aromatic carbocycles. The first-order valence-corrected chi connectivity index (χ1v) is 9.91. The fourth-order valence-electron chi connectivity index (χ4n) is 3.26. The molecule has 0 unspecified atom stereocenters. The number of aryl methyl sites for hydroxylation is 2. The molecule has 3 rings (SSSR count). The van der Waals surface area contributed by atoms with Crippen LogP contribution in [0.2, 0.25) is 0 Å². The fourth-order valence-corrected chi connectivity index (χ4v) is 4.07.